The van der Waals surface area contributed by atoms with Gasteiger partial charge in [0, 0.05) is 38.1 Å². The molecule has 1 aromatic heterocycles. The number of methoxy groups -OCH3 is 1. The monoisotopic (exact) mass is 412 g/mol. The molecule has 0 atom stereocenters. The van der Waals surface area contributed by atoms with Crippen molar-refractivity contribution in [1.29, 1.82) is 0 Å². The third kappa shape index (κ3) is 3.92. The zero-order valence-electron chi connectivity index (χ0n) is 17.1. The molecule has 1 aromatic carbocycles. The minimum absolute atomic E-state index is 0.131. The lowest BCUT2D eigenvalue weighted by Gasteiger charge is -2.16. The van der Waals surface area contributed by atoms with E-state index in [1.165, 1.54) is 6.07 Å². The van der Waals surface area contributed by atoms with Crippen molar-refractivity contribution < 1.29 is 22.9 Å². The average Bonchev–Trinajstić information content (AvgIpc) is 3.23. The number of rotatable bonds is 5. The molecule has 0 unspecified atom stereocenters. The summed E-state index contributed by atoms with van der Waals surface area (Å²) < 4.78 is 36.4. The van der Waals surface area contributed by atoms with E-state index in [0.29, 0.717) is 30.7 Å². The number of hydrogen-bond donors (Lipinski definition) is 0. The van der Waals surface area contributed by atoms with Gasteiger partial charge in [-0.1, -0.05) is 12.1 Å². The molecule has 2 aliphatic rings. The van der Waals surface area contributed by atoms with Crippen LogP contribution in [0, 0.1) is 18.6 Å². The van der Waals surface area contributed by atoms with Crippen LogP contribution in [-0.4, -0.2) is 29.0 Å². The van der Waals surface area contributed by atoms with Crippen molar-refractivity contribution in [3.05, 3.63) is 83.3 Å². The number of nitrogens with zero attached hydrogens (tertiary/aromatic N) is 3. The summed E-state index contributed by atoms with van der Waals surface area (Å²) in [5.41, 5.74) is 3.41. The van der Waals surface area contributed by atoms with Crippen molar-refractivity contribution in [1.82, 2.24) is 9.47 Å². The molecule has 0 radical (unpaired) electrons. The van der Waals surface area contributed by atoms with Crippen molar-refractivity contribution in [2.24, 2.45) is 0 Å². The van der Waals surface area contributed by atoms with Gasteiger partial charge in [0.1, 0.15) is 18.4 Å². The van der Waals surface area contributed by atoms with Gasteiger partial charge in [-0.25, -0.2) is 17.9 Å². The molecule has 1 aliphatic heterocycles. The fourth-order valence-electron chi connectivity index (χ4n) is 3.85. The molecule has 1 saturated heterocycles. The summed E-state index contributed by atoms with van der Waals surface area (Å²) in [7, 11) is 1.62. The fourth-order valence-corrected chi connectivity index (χ4v) is 3.85. The van der Waals surface area contributed by atoms with Crippen LogP contribution in [0.25, 0.3) is 5.70 Å². The lowest BCUT2D eigenvalue weighted by Crippen LogP contribution is -2.31. The van der Waals surface area contributed by atoms with Crippen LogP contribution in [0.4, 0.5) is 8.78 Å². The zero-order chi connectivity index (χ0) is 21.3. The number of ether oxygens (including phenoxy) is 1. The Bertz CT molecular complexity index is 1080. The van der Waals surface area contributed by atoms with Crippen LogP contribution in [0.1, 0.15) is 30.5 Å². The Morgan fingerprint density at radius 2 is 2.07 bits per heavy atom. The summed E-state index contributed by atoms with van der Waals surface area (Å²) in [5.74, 6) is -0.884. The topological polar surface area (TPSA) is 38.4 Å². The van der Waals surface area contributed by atoms with Gasteiger partial charge in [0.25, 0.3) is 0 Å². The highest BCUT2D eigenvalue weighted by Gasteiger charge is 2.25. The summed E-state index contributed by atoms with van der Waals surface area (Å²) in [6, 6.07) is 3.94. The van der Waals surface area contributed by atoms with E-state index >= 15 is 0 Å². The van der Waals surface area contributed by atoms with Crippen molar-refractivity contribution >= 4 is 11.6 Å². The van der Waals surface area contributed by atoms with Gasteiger partial charge < -0.3 is 9.64 Å². The molecule has 4 rings (SSSR count). The van der Waals surface area contributed by atoms with E-state index in [1.54, 1.807) is 18.1 Å². The summed E-state index contributed by atoms with van der Waals surface area (Å²) in [5, 5.41) is 0. The predicted octanol–water partition coefficient (Wildman–Crippen LogP) is 3.69. The first-order valence-electron chi connectivity index (χ1n) is 9.94. The number of hydrogen-bond acceptors (Lipinski definition) is 2. The highest BCUT2D eigenvalue weighted by molar-refractivity contribution is 5.80. The second-order valence-corrected chi connectivity index (χ2v) is 7.51. The lowest BCUT2D eigenvalue weighted by molar-refractivity contribution is -0.583. The van der Waals surface area contributed by atoms with Crippen LogP contribution in [0.2, 0.25) is 0 Å². The highest BCUT2D eigenvalue weighted by atomic mass is 19.2. The summed E-state index contributed by atoms with van der Waals surface area (Å²) in [6.07, 6.45) is 11.8. The van der Waals surface area contributed by atoms with Crippen LogP contribution in [-0.2, 0) is 16.1 Å². The predicted molar refractivity (Wildman–Crippen MR) is 108 cm³/mol. The number of aryl methyl sites for hydroxylation is 1. The van der Waals surface area contributed by atoms with Gasteiger partial charge in [-0.2, -0.15) is 0 Å². The molecule has 0 saturated carbocycles. The number of halogens is 2. The number of amides is 1. The standard InChI is InChI=1S/C23H24F2N3O2/c1-16-13-27(15-26(16)14-17-8-9-19(24)20(25)11-17)21-6-3-5-18(12-22(21)30-2)28-10-4-7-23(28)29/h3,5,8-9,11-13,15H,4,6-7,10,14H2,1-2H3/q+1. The number of allylic oxidation sites excluding steroid dienone is 4. The molecular formula is C23H24F2N3O2+. The normalized spacial score (nSPS) is 16.9. The van der Waals surface area contributed by atoms with Gasteiger partial charge in [0.2, 0.25) is 12.2 Å². The second-order valence-electron chi connectivity index (χ2n) is 7.51. The number of carbonyl (C=O) groups excluding carboxylic acids is 1. The molecule has 2 aromatic rings. The molecule has 7 heteroatoms. The molecule has 1 amide bonds. The number of aromatic nitrogens is 2. The Morgan fingerprint density at radius 3 is 2.77 bits per heavy atom. The molecule has 1 fully saturated rings. The maximum Gasteiger partial charge on any atom is 0.249 e. The van der Waals surface area contributed by atoms with Gasteiger partial charge in [0.15, 0.2) is 23.1 Å². The van der Waals surface area contributed by atoms with Crippen molar-refractivity contribution in [3.8, 4) is 0 Å². The summed E-state index contributed by atoms with van der Waals surface area (Å²) >= 11 is 0. The van der Waals surface area contributed by atoms with Gasteiger partial charge in [-0.15, -0.1) is 0 Å². The average molecular weight is 412 g/mol. The second kappa shape index (κ2) is 8.26. The van der Waals surface area contributed by atoms with Crippen molar-refractivity contribution in [2.45, 2.75) is 32.7 Å². The van der Waals surface area contributed by atoms with E-state index in [2.05, 4.69) is 0 Å². The summed E-state index contributed by atoms with van der Waals surface area (Å²) in [6.45, 7) is 3.10. The first kappa shape index (κ1) is 20.1. The van der Waals surface area contributed by atoms with Gasteiger partial charge >= 0.3 is 0 Å². The summed E-state index contributed by atoms with van der Waals surface area (Å²) in [4.78, 5) is 13.9. The molecule has 0 N–H and O–H groups in total. The third-order valence-electron chi connectivity index (χ3n) is 5.46. The van der Waals surface area contributed by atoms with Crippen LogP contribution in [0.15, 0.2) is 60.4 Å². The van der Waals surface area contributed by atoms with Gasteiger partial charge in [-0.05, 0) is 30.2 Å². The highest BCUT2D eigenvalue weighted by Crippen LogP contribution is 2.24. The number of benzene rings is 1. The Balaban J connectivity index is 1.65. The Labute approximate surface area is 174 Å². The largest absolute Gasteiger partial charge is 0.493 e. The molecular weight excluding hydrogens is 388 g/mol. The number of likely N-dealkylation sites (tertiary alicyclic amines) is 1. The maximum atomic E-state index is 13.6. The van der Waals surface area contributed by atoms with Crippen LogP contribution in [0.5, 0.6) is 0 Å². The Kier molecular flexibility index (Phi) is 5.53. The van der Waals surface area contributed by atoms with Crippen LogP contribution < -0.4 is 4.57 Å². The molecule has 1 aliphatic carbocycles. The zero-order valence-corrected chi connectivity index (χ0v) is 17.1. The van der Waals surface area contributed by atoms with Crippen molar-refractivity contribution in [2.75, 3.05) is 13.7 Å². The first-order chi connectivity index (χ1) is 14.5. The number of carbonyl (C=O) groups is 1. The van der Waals surface area contributed by atoms with Crippen LogP contribution >= 0.6 is 0 Å². The third-order valence-corrected chi connectivity index (χ3v) is 5.46. The smallest absolute Gasteiger partial charge is 0.249 e. The van der Waals surface area contributed by atoms with E-state index in [9.17, 15) is 13.6 Å². The van der Waals surface area contributed by atoms with Crippen molar-refractivity contribution in [3.63, 3.8) is 0 Å². The van der Waals surface area contributed by atoms with Crippen LogP contribution in [0.3, 0.4) is 0 Å². The van der Waals surface area contributed by atoms with Gasteiger partial charge in [-0.3, -0.25) is 4.79 Å². The quantitative estimate of drug-likeness (QED) is 0.703. The molecule has 156 valence electrons. The lowest BCUT2D eigenvalue weighted by atomic mass is 10.2. The number of imidazole rings is 1. The minimum atomic E-state index is -0.850. The van der Waals surface area contributed by atoms with E-state index in [1.807, 2.05) is 46.8 Å². The fraction of sp³-hybridized carbons (Fsp3) is 0.304. The van der Waals surface area contributed by atoms with E-state index in [4.69, 9.17) is 4.74 Å². The van der Waals surface area contributed by atoms with E-state index in [-0.39, 0.29) is 5.91 Å². The maximum absolute atomic E-state index is 13.6. The SMILES string of the molecule is COC1=C([n+]2cc(C)n(Cc3ccc(F)c(F)c3)c2)CC=CC(N2CCCC2=O)=C1. The molecule has 2 heterocycles. The molecule has 0 bridgehead atoms. The van der Waals surface area contributed by atoms with E-state index in [0.717, 1.165) is 36.1 Å². The first-order valence-corrected chi connectivity index (χ1v) is 9.94. The Morgan fingerprint density at radius 1 is 1.23 bits per heavy atom. The minimum Gasteiger partial charge on any atom is -0.493 e. The molecule has 30 heavy (non-hydrogen) atoms. The van der Waals surface area contributed by atoms with Gasteiger partial charge in [0.05, 0.1) is 7.11 Å². The molecule has 5 nitrogen and oxygen atoms in total. The molecule has 0 spiro atoms. The van der Waals surface area contributed by atoms with E-state index < -0.39 is 11.6 Å². The Hall–Kier alpha value is -3.22.